The van der Waals surface area contributed by atoms with Crippen molar-refractivity contribution in [2.45, 2.75) is 46.2 Å². The number of halogens is 1. The van der Waals surface area contributed by atoms with E-state index in [4.69, 9.17) is 4.52 Å². The van der Waals surface area contributed by atoms with Crippen LogP contribution in [0.15, 0.2) is 51.5 Å². The predicted octanol–water partition coefficient (Wildman–Crippen LogP) is 5.21. The van der Waals surface area contributed by atoms with Crippen LogP contribution in [0, 0.1) is 19.8 Å². The Labute approximate surface area is 197 Å². The predicted molar refractivity (Wildman–Crippen MR) is 128 cm³/mol. The molecule has 2 heterocycles. The number of rotatable bonds is 6. The highest BCUT2D eigenvalue weighted by atomic mass is 79.9. The van der Waals surface area contributed by atoms with E-state index in [0.29, 0.717) is 18.3 Å². The van der Waals surface area contributed by atoms with Crippen molar-refractivity contribution in [1.29, 1.82) is 0 Å². The summed E-state index contributed by atoms with van der Waals surface area (Å²) in [6.45, 7) is 8.53. The average molecular weight is 497 g/mol. The summed E-state index contributed by atoms with van der Waals surface area (Å²) in [6.07, 6.45) is 1.66. The van der Waals surface area contributed by atoms with Gasteiger partial charge in [0.2, 0.25) is 17.6 Å². The van der Waals surface area contributed by atoms with E-state index in [9.17, 15) is 4.79 Å². The molecule has 1 saturated heterocycles. The molecule has 1 unspecified atom stereocenters. The number of carbonyl (C=O) groups excluding carboxylic acids is 1. The standard InChI is InChI=1S/C25H29BrN4O2/c1-16-7-8-22(17(2)13-16)18(3)27-25(31)19-9-11-30(12-10-19)15-23-28-24(29-32-23)20-5-4-6-21(26)14-20/h4-8,13-14,18-19H,9-12,15H2,1-3H3,(H,27,31). The summed E-state index contributed by atoms with van der Waals surface area (Å²) in [5.74, 6) is 1.38. The summed E-state index contributed by atoms with van der Waals surface area (Å²) in [6, 6.07) is 14.2. The van der Waals surface area contributed by atoms with E-state index >= 15 is 0 Å². The molecule has 6 nitrogen and oxygen atoms in total. The fourth-order valence-electron chi connectivity index (χ4n) is 4.33. The largest absolute Gasteiger partial charge is 0.349 e. The fourth-order valence-corrected chi connectivity index (χ4v) is 4.73. The van der Waals surface area contributed by atoms with E-state index in [2.05, 4.69) is 75.3 Å². The number of hydrogen-bond donors (Lipinski definition) is 1. The van der Waals surface area contributed by atoms with Crippen LogP contribution >= 0.6 is 15.9 Å². The molecule has 1 aromatic heterocycles. The van der Waals surface area contributed by atoms with Crippen LogP contribution in [-0.4, -0.2) is 34.0 Å². The zero-order valence-corrected chi connectivity index (χ0v) is 20.4. The van der Waals surface area contributed by atoms with Gasteiger partial charge in [0.25, 0.3) is 0 Å². The molecule has 7 heteroatoms. The molecule has 0 radical (unpaired) electrons. The SMILES string of the molecule is Cc1ccc(C(C)NC(=O)C2CCN(Cc3nc(-c4cccc(Br)c4)no3)CC2)c(C)c1. The number of likely N-dealkylation sites (tertiary alicyclic amines) is 1. The Morgan fingerprint density at radius 2 is 2.00 bits per heavy atom. The van der Waals surface area contributed by atoms with E-state index in [1.807, 2.05) is 24.3 Å². The van der Waals surface area contributed by atoms with E-state index in [0.717, 1.165) is 36.0 Å². The van der Waals surface area contributed by atoms with Gasteiger partial charge in [-0.25, -0.2) is 0 Å². The second-order valence-corrected chi connectivity index (χ2v) is 9.58. The van der Waals surface area contributed by atoms with Gasteiger partial charge in [-0.2, -0.15) is 4.98 Å². The van der Waals surface area contributed by atoms with Crippen LogP contribution in [0.4, 0.5) is 0 Å². The van der Waals surface area contributed by atoms with Crippen LogP contribution in [0.1, 0.15) is 48.4 Å². The van der Waals surface area contributed by atoms with Gasteiger partial charge in [-0.3, -0.25) is 9.69 Å². The Morgan fingerprint density at radius 1 is 1.22 bits per heavy atom. The summed E-state index contributed by atoms with van der Waals surface area (Å²) in [5, 5.41) is 7.33. The third-order valence-corrected chi connectivity index (χ3v) is 6.61. The van der Waals surface area contributed by atoms with Crippen molar-refractivity contribution in [3.63, 3.8) is 0 Å². The lowest BCUT2D eigenvalue weighted by Gasteiger charge is -2.31. The van der Waals surface area contributed by atoms with Gasteiger partial charge >= 0.3 is 0 Å². The van der Waals surface area contributed by atoms with Crippen molar-refractivity contribution in [3.05, 3.63) is 69.5 Å². The van der Waals surface area contributed by atoms with Gasteiger partial charge in [-0.15, -0.1) is 0 Å². The van der Waals surface area contributed by atoms with Crippen LogP contribution in [0.2, 0.25) is 0 Å². The lowest BCUT2D eigenvalue weighted by molar-refractivity contribution is -0.127. The third kappa shape index (κ3) is 5.45. The minimum absolute atomic E-state index is 0.0102. The third-order valence-electron chi connectivity index (χ3n) is 6.12. The zero-order chi connectivity index (χ0) is 22.7. The van der Waals surface area contributed by atoms with Crippen LogP contribution in [0.5, 0.6) is 0 Å². The van der Waals surface area contributed by atoms with Crippen LogP contribution < -0.4 is 5.32 Å². The molecule has 1 fully saturated rings. The topological polar surface area (TPSA) is 71.3 Å². The van der Waals surface area contributed by atoms with Crippen LogP contribution in [0.25, 0.3) is 11.4 Å². The lowest BCUT2D eigenvalue weighted by atomic mass is 9.94. The Balaban J connectivity index is 1.28. The maximum Gasteiger partial charge on any atom is 0.241 e. The van der Waals surface area contributed by atoms with E-state index < -0.39 is 0 Å². The van der Waals surface area contributed by atoms with Crippen molar-refractivity contribution in [1.82, 2.24) is 20.4 Å². The first kappa shape index (κ1) is 22.7. The fraction of sp³-hybridized carbons (Fsp3) is 0.400. The van der Waals surface area contributed by atoms with Gasteiger partial charge in [-0.1, -0.05) is 57.0 Å². The molecule has 1 atom stereocenters. The van der Waals surface area contributed by atoms with Gasteiger partial charge < -0.3 is 9.84 Å². The van der Waals surface area contributed by atoms with E-state index in [-0.39, 0.29) is 17.9 Å². The molecule has 1 N–H and O–H groups in total. The second kappa shape index (κ2) is 9.96. The van der Waals surface area contributed by atoms with E-state index in [1.54, 1.807) is 0 Å². The highest BCUT2D eigenvalue weighted by Gasteiger charge is 2.27. The molecule has 1 aliphatic rings. The van der Waals surface area contributed by atoms with Crippen LogP contribution in [0.3, 0.4) is 0 Å². The number of nitrogens with one attached hydrogen (secondary N) is 1. The maximum atomic E-state index is 12.8. The number of hydrogen-bond acceptors (Lipinski definition) is 5. The van der Waals surface area contributed by atoms with Crippen LogP contribution in [-0.2, 0) is 11.3 Å². The first-order valence-electron chi connectivity index (χ1n) is 11.1. The number of benzene rings is 2. The van der Waals surface area contributed by atoms with Gasteiger partial charge in [0.15, 0.2) is 0 Å². The maximum absolute atomic E-state index is 12.8. The first-order valence-corrected chi connectivity index (χ1v) is 11.9. The average Bonchev–Trinajstić information content (AvgIpc) is 3.22. The van der Waals surface area contributed by atoms with Gasteiger partial charge in [-0.05, 0) is 70.0 Å². The van der Waals surface area contributed by atoms with Crippen molar-refractivity contribution in [3.8, 4) is 11.4 Å². The van der Waals surface area contributed by atoms with Gasteiger partial charge in [0, 0.05) is 16.0 Å². The highest BCUT2D eigenvalue weighted by Crippen LogP contribution is 2.24. The Bertz CT molecular complexity index is 1090. The van der Waals surface area contributed by atoms with Crippen molar-refractivity contribution < 1.29 is 9.32 Å². The molecule has 1 aliphatic heterocycles. The minimum atomic E-state index is 0.0102. The molecule has 3 aromatic rings. The molecule has 32 heavy (non-hydrogen) atoms. The molecular formula is C25H29BrN4O2. The number of aryl methyl sites for hydroxylation is 2. The number of aromatic nitrogens is 2. The lowest BCUT2D eigenvalue weighted by Crippen LogP contribution is -2.41. The number of carbonyl (C=O) groups is 1. The van der Waals surface area contributed by atoms with Crippen molar-refractivity contribution >= 4 is 21.8 Å². The highest BCUT2D eigenvalue weighted by molar-refractivity contribution is 9.10. The first-order chi connectivity index (χ1) is 15.4. The zero-order valence-electron chi connectivity index (χ0n) is 18.8. The molecule has 0 saturated carbocycles. The summed E-state index contributed by atoms with van der Waals surface area (Å²) in [4.78, 5) is 19.6. The molecule has 1 amide bonds. The Hall–Kier alpha value is -2.51. The number of amides is 1. The molecule has 2 aromatic carbocycles. The molecule has 4 rings (SSSR count). The second-order valence-electron chi connectivity index (χ2n) is 8.66. The Kier molecular flexibility index (Phi) is 7.06. The van der Waals surface area contributed by atoms with Gasteiger partial charge in [0.1, 0.15) is 0 Å². The smallest absolute Gasteiger partial charge is 0.241 e. The minimum Gasteiger partial charge on any atom is -0.349 e. The summed E-state index contributed by atoms with van der Waals surface area (Å²) < 4.78 is 6.44. The molecule has 0 spiro atoms. The van der Waals surface area contributed by atoms with Crippen molar-refractivity contribution in [2.75, 3.05) is 13.1 Å². The molecular weight excluding hydrogens is 468 g/mol. The summed E-state index contributed by atoms with van der Waals surface area (Å²) >= 11 is 3.47. The Morgan fingerprint density at radius 3 is 2.72 bits per heavy atom. The summed E-state index contributed by atoms with van der Waals surface area (Å²) in [5.41, 5.74) is 4.55. The van der Waals surface area contributed by atoms with Crippen molar-refractivity contribution in [2.24, 2.45) is 5.92 Å². The molecule has 0 aliphatic carbocycles. The normalized spacial score (nSPS) is 16.1. The molecule has 168 valence electrons. The van der Waals surface area contributed by atoms with E-state index in [1.165, 1.54) is 16.7 Å². The summed E-state index contributed by atoms with van der Waals surface area (Å²) in [7, 11) is 0. The van der Waals surface area contributed by atoms with Gasteiger partial charge in [0.05, 0.1) is 12.6 Å². The number of nitrogens with zero attached hydrogens (tertiary/aromatic N) is 3. The number of piperidine rings is 1. The molecule has 0 bridgehead atoms. The monoisotopic (exact) mass is 496 g/mol. The quantitative estimate of drug-likeness (QED) is 0.507.